The molecule has 38 heavy (non-hydrogen) atoms. The Bertz CT molecular complexity index is 1360. The molecule has 0 aliphatic carbocycles. The average molecular weight is 511 g/mol. The largest absolute Gasteiger partial charge is 0.493 e. The number of fused-ring (bicyclic) bond motifs is 1. The van der Waals surface area contributed by atoms with E-state index in [4.69, 9.17) is 14.2 Å². The lowest BCUT2D eigenvalue weighted by Crippen LogP contribution is -2.57. The monoisotopic (exact) mass is 510 g/mol. The van der Waals surface area contributed by atoms with E-state index in [0.717, 1.165) is 47.6 Å². The maximum absolute atomic E-state index is 12.9. The molecule has 1 saturated heterocycles. The van der Waals surface area contributed by atoms with E-state index >= 15 is 0 Å². The number of piperazine rings is 1. The molecule has 196 valence electrons. The van der Waals surface area contributed by atoms with Crippen LogP contribution in [0.3, 0.4) is 0 Å². The molecule has 1 aliphatic rings. The standard InChI is InChI=1S/C32H34N2O4/c1-36-30-11-4-5-12-31(30)37-19-7-6-8-24-13-16-27(17-14-24)34-28(21-33-22-32(34)35)23-38-29-18-15-25-9-2-3-10-26(25)20-29/h2-5,9-18,20,28,33H,6-8,19,21-23H2,1H3/t28-/m1/s1. The van der Waals surface area contributed by atoms with E-state index in [1.165, 1.54) is 10.9 Å². The average Bonchev–Trinajstić information content (AvgIpc) is 2.96. The van der Waals surface area contributed by atoms with Crippen molar-refractivity contribution in [1.29, 1.82) is 0 Å². The highest BCUT2D eigenvalue weighted by Crippen LogP contribution is 2.26. The minimum Gasteiger partial charge on any atom is -0.493 e. The highest BCUT2D eigenvalue weighted by atomic mass is 16.5. The van der Waals surface area contributed by atoms with Gasteiger partial charge in [-0.25, -0.2) is 0 Å². The number of aryl methyl sites for hydroxylation is 1. The van der Waals surface area contributed by atoms with E-state index in [1.807, 2.05) is 65.6 Å². The van der Waals surface area contributed by atoms with Gasteiger partial charge in [0.05, 0.1) is 26.3 Å². The van der Waals surface area contributed by atoms with Crippen molar-refractivity contribution < 1.29 is 19.0 Å². The van der Waals surface area contributed by atoms with Gasteiger partial charge in [-0.1, -0.05) is 54.6 Å². The zero-order valence-electron chi connectivity index (χ0n) is 21.8. The highest BCUT2D eigenvalue weighted by Gasteiger charge is 2.29. The van der Waals surface area contributed by atoms with Crippen LogP contribution in [0, 0.1) is 0 Å². The summed E-state index contributed by atoms with van der Waals surface area (Å²) in [5.41, 5.74) is 2.16. The van der Waals surface area contributed by atoms with Crippen LogP contribution in [0.1, 0.15) is 18.4 Å². The SMILES string of the molecule is COc1ccccc1OCCCCc1ccc(N2C(=O)CNC[C@@H]2COc2ccc3ccccc3c2)cc1. The number of benzene rings is 4. The highest BCUT2D eigenvalue weighted by molar-refractivity contribution is 5.96. The van der Waals surface area contributed by atoms with Gasteiger partial charge in [0.1, 0.15) is 12.4 Å². The summed E-state index contributed by atoms with van der Waals surface area (Å²) in [4.78, 5) is 14.7. The molecule has 4 aromatic rings. The quantitative estimate of drug-likeness (QED) is 0.265. The summed E-state index contributed by atoms with van der Waals surface area (Å²) in [6.45, 7) is 2.09. The van der Waals surface area contributed by atoms with Crippen molar-refractivity contribution in [3.05, 3.63) is 96.6 Å². The Kier molecular flexibility index (Phi) is 8.41. The lowest BCUT2D eigenvalue weighted by molar-refractivity contribution is -0.119. The van der Waals surface area contributed by atoms with Crippen LogP contribution in [0.4, 0.5) is 5.69 Å². The molecule has 4 aromatic carbocycles. The first-order valence-electron chi connectivity index (χ1n) is 13.2. The Morgan fingerprint density at radius 3 is 2.42 bits per heavy atom. The van der Waals surface area contributed by atoms with Gasteiger partial charge < -0.3 is 24.4 Å². The third kappa shape index (κ3) is 6.26. The van der Waals surface area contributed by atoms with Crippen LogP contribution in [0.15, 0.2) is 91.0 Å². The molecule has 0 unspecified atom stereocenters. The van der Waals surface area contributed by atoms with Gasteiger partial charge >= 0.3 is 0 Å². The van der Waals surface area contributed by atoms with Crippen LogP contribution in [0.5, 0.6) is 17.2 Å². The van der Waals surface area contributed by atoms with E-state index < -0.39 is 0 Å². The summed E-state index contributed by atoms with van der Waals surface area (Å²) < 4.78 is 17.4. The van der Waals surface area contributed by atoms with Crippen LogP contribution >= 0.6 is 0 Å². The van der Waals surface area contributed by atoms with Crippen molar-refractivity contribution in [2.24, 2.45) is 0 Å². The summed E-state index contributed by atoms with van der Waals surface area (Å²) in [6, 6.07) is 30.3. The number of hydrogen-bond donors (Lipinski definition) is 1. The third-order valence-corrected chi connectivity index (χ3v) is 6.85. The van der Waals surface area contributed by atoms with Crippen LogP contribution in [-0.4, -0.2) is 45.4 Å². The number of para-hydroxylation sites is 2. The summed E-state index contributed by atoms with van der Waals surface area (Å²) in [5.74, 6) is 2.40. The van der Waals surface area contributed by atoms with Gasteiger partial charge in [0.25, 0.3) is 0 Å². The Hall–Kier alpha value is -4.03. The molecule has 0 bridgehead atoms. The fraction of sp³-hybridized carbons (Fsp3) is 0.281. The van der Waals surface area contributed by atoms with Crippen molar-refractivity contribution in [2.75, 3.05) is 38.3 Å². The van der Waals surface area contributed by atoms with Gasteiger partial charge in [-0.15, -0.1) is 0 Å². The van der Waals surface area contributed by atoms with Crippen LogP contribution < -0.4 is 24.4 Å². The molecule has 0 aromatic heterocycles. The number of amides is 1. The molecule has 1 fully saturated rings. The number of anilines is 1. The van der Waals surface area contributed by atoms with Crippen molar-refractivity contribution in [1.82, 2.24) is 5.32 Å². The maximum Gasteiger partial charge on any atom is 0.241 e. The second-order valence-corrected chi connectivity index (χ2v) is 9.49. The number of ether oxygens (including phenoxy) is 3. The topological polar surface area (TPSA) is 60.0 Å². The fourth-order valence-electron chi connectivity index (χ4n) is 4.84. The number of rotatable bonds is 11. The van der Waals surface area contributed by atoms with Crippen molar-refractivity contribution in [2.45, 2.75) is 25.3 Å². The van der Waals surface area contributed by atoms with Gasteiger partial charge in [-0.05, 0) is 72.0 Å². The minimum absolute atomic E-state index is 0.0598. The number of methoxy groups -OCH3 is 1. The second-order valence-electron chi connectivity index (χ2n) is 9.49. The van der Waals surface area contributed by atoms with Gasteiger partial charge in [-0.2, -0.15) is 0 Å². The Labute approximate surface area is 224 Å². The summed E-state index contributed by atoms with van der Waals surface area (Å²) in [5, 5.41) is 5.55. The molecule has 6 heteroatoms. The van der Waals surface area contributed by atoms with E-state index in [1.54, 1.807) is 7.11 Å². The Morgan fingerprint density at radius 1 is 0.842 bits per heavy atom. The van der Waals surface area contributed by atoms with Crippen LogP contribution in [0.25, 0.3) is 10.8 Å². The first-order chi connectivity index (χ1) is 18.7. The minimum atomic E-state index is -0.0827. The van der Waals surface area contributed by atoms with Crippen molar-refractivity contribution >= 4 is 22.4 Å². The van der Waals surface area contributed by atoms with Crippen molar-refractivity contribution in [3.8, 4) is 17.2 Å². The predicted octanol–water partition coefficient (Wildman–Crippen LogP) is 5.63. The number of carbonyl (C=O) groups is 1. The zero-order chi connectivity index (χ0) is 26.2. The molecule has 1 heterocycles. The zero-order valence-corrected chi connectivity index (χ0v) is 21.8. The summed E-state index contributed by atoms with van der Waals surface area (Å²) >= 11 is 0. The van der Waals surface area contributed by atoms with Crippen molar-refractivity contribution in [3.63, 3.8) is 0 Å². The molecule has 1 amide bonds. The molecule has 1 aliphatic heterocycles. The van der Waals surface area contributed by atoms with E-state index in [9.17, 15) is 4.79 Å². The van der Waals surface area contributed by atoms with Crippen LogP contribution in [-0.2, 0) is 11.2 Å². The Balaban J connectivity index is 1.14. The third-order valence-electron chi connectivity index (χ3n) is 6.85. The molecule has 0 saturated carbocycles. The molecule has 0 spiro atoms. The first kappa shape index (κ1) is 25.6. The van der Waals surface area contributed by atoms with E-state index in [-0.39, 0.29) is 11.9 Å². The molecular formula is C32H34N2O4. The number of nitrogens with one attached hydrogen (secondary N) is 1. The number of unbranched alkanes of at least 4 members (excludes halogenated alkanes) is 1. The fourth-order valence-corrected chi connectivity index (χ4v) is 4.84. The van der Waals surface area contributed by atoms with Crippen LogP contribution in [0.2, 0.25) is 0 Å². The molecule has 1 N–H and O–H groups in total. The number of carbonyl (C=O) groups excluding carboxylic acids is 1. The normalized spacial score (nSPS) is 15.4. The van der Waals surface area contributed by atoms with Gasteiger partial charge in [0.2, 0.25) is 5.91 Å². The van der Waals surface area contributed by atoms with E-state index in [2.05, 4.69) is 35.6 Å². The van der Waals surface area contributed by atoms with Gasteiger partial charge in [0.15, 0.2) is 11.5 Å². The molecular weight excluding hydrogens is 476 g/mol. The first-order valence-corrected chi connectivity index (χ1v) is 13.2. The smallest absolute Gasteiger partial charge is 0.241 e. The lowest BCUT2D eigenvalue weighted by atomic mass is 10.1. The molecule has 6 nitrogen and oxygen atoms in total. The van der Waals surface area contributed by atoms with Gasteiger partial charge in [0, 0.05) is 12.2 Å². The Morgan fingerprint density at radius 2 is 1.61 bits per heavy atom. The van der Waals surface area contributed by atoms with E-state index in [0.29, 0.717) is 26.3 Å². The summed E-state index contributed by atoms with van der Waals surface area (Å²) in [6.07, 6.45) is 2.92. The molecule has 5 rings (SSSR count). The lowest BCUT2D eigenvalue weighted by Gasteiger charge is -2.36. The second kappa shape index (κ2) is 12.5. The van der Waals surface area contributed by atoms with Gasteiger partial charge in [-0.3, -0.25) is 4.79 Å². The number of nitrogens with zero attached hydrogens (tertiary/aromatic N) is 1. The molecule has 0 radical (unpaired) electrons. The maximum atomic E-state index is 12.9. The summed E-state index contributed by atoms with van der Waals surface area (Å²) in [7, 11) is 1.65. The molecule has 1 atom stereocenters. The number of hydrogen-bond acceptors (Lipinski definition) is 5. The predicted molar refractivity (Wildman–Crippen MR) is 151 cm³/mol.